The number of nitrogens with one attached hydrogen (secondary N) is 2. The fourth-order valence-electron chi connectivity index (χ4n) is 3.05. The summed E-state index contributed by atoms with van der Waals surface area (Å²) in [5, 5.41) is 15.0. The molecule has 2 rings (SSSR count). The molecule has 1 aliphatic heterocycles. The van der Waals surface area contributed by atoms with Crippen molar-refractivity contribution >= 4 is 35.8 Å². The van der Waals surface area contributed by atoms with Gasteiger partial charge in [-0.25, -0.2) is 4.99 Å². The number of unbranched alkanes of at least 4 members (excludes halogenated alkanes) is 1. The normalized spacial score (nSPS) is 15.2. The summed E-state index contributed by atoms with van der Waals surface area (Å²) in [5.41, 5.74) is 0. The van der Waals surface area contributed by atoms with Gasteiger partial charge in [0.2, 0.25) is 5.91 Å². The Morgan fingerprint density at radius 2 is 1.89 bits per heavy atom. The van der Waals surface area contributed by atoms with Crippen LogP contribution in [0, 0.1) is 6.92 Å². The number of likely N-dealkylation sites (tertiary alicyclic amines) is 1. The van der Waals surface area contributed by atoms with Gasteiger partial charge in [-0.15, -0.1) is 34.2 Å². The summed E-state index contributed by atoms with van der Waals surface area (Å²) in [6.07, 6.45) is 7.19. The van der Waals surface area contributed by atoms with E-state index in [1.165, 1.54) is 6.42 Å². The molecule has 0 bridgehead atoms. The Morgan fingerprint density at radius 1 is 1.14 bits per heavy atom. The number of aromatic nitrogens is 3. The zero-order valence-corrected chi connectivity index (χ0v) is 19.9. The van der Waals surface area contributed by atoms with Crippen LogP contribution in [0.5, 0.6) is 0 Å². The molecular weight excluding hydrogens is 469 g/mol. The van der Waals surface area contributed by atoms with Gasteiger partial charge < -0.3 is 20.1 Å². The van der Waals surface area contributed by atoms with E-state index in [-0.39, 0.29) is 24.0 Å². The molecule has 0 spiro atoms. The van der Waals surface area contributed by atoms with Crippen molar-refractivity contribution in [2.24, 2.45) is 12.0 Å². The standard InChI is InChI=1S/C19H35N7O.HI/c1-4-5-11-20-19(22-15-17-24-23-16(2)25(17)3)21-12-9-14-26-13-8-6-7-10-18(26)27;/h4-15H2,1-3H3,(H2,20,21,22);1H. The first kappa shape index (κ1) is 24.6. The predicted octanol–water partition coefficient (Wildman–Crippen LogP) is 2.37. The quantitative estimate of drug-likeness (QED) is 0.233. The smallest absolute Gasteiger partial charge is 0.222 e. The number of guanidine groups is 1. The number of nitrogens with zero attached hydrogens (tertiary/aromatic N) is 5. The second kappa shape index (κ2) is 13.7. The molecule has 0 radical (unpaired) electrons. The highest BCUT2D eigenvalue weighted by atomic mass is 127. The van der Waals surface area contributed by atoms with Crippen LogP contribution < -0.4 is 10.6 Å². The van der Waals surface area contributed by atoms with E-state index in [9.17, 15) is 4.79 Å². The van der Waals surface area contributed by atoms with Crippen LogP contribution in [-0.4, -0.2) is 57.7 Å². The second-order valence-corrected chi connectivity index (χ2v) is 7.14. The van der Waals surface area contributed by atoms with Crippen LogP contribution in [0.25, 0.3) is 0 Å². The van der Waals surface area contributed by atoms with Crippen molar-refractivity contribution in [1.82, 2.24) is 30.3 Å². The van der Waals surface area contributed by atoms with Gasteiger partial charge in [-0.2, -0.15) is 0 Å². The minimum Gasteiger partial charge on any atom is -0.356 e. The molecule has 0 aliphatic carbocycles. The van der Waals surface area contributed by atoms with Crippen molar-refractivity contribution in [3.05, 3.63) is 11.6 Å². The third-order valence-corrected chi connectivity index (χ3v) is 4.95. The number of halogens is 1. The molecule has 0 aromatic carbocycles. The van der Waals surface area contributed by atoms with Crippen LogP contribution in [0.15, 0.2) is 4.99 Å². The van der Waals surface area contributed by atoms with E-state index >= 15 is 0 Å². The number of hydrogen-bond donors (Lipinski definition) is 2. The van der Waals surface area contributed by atoms with E-state index in [0.717, 1.165) is 75.9 Å². The van der Waals surface area contributed by atoms with Crippen molar-refractivity contribution in [1.29, 1.82) is 0 Å². The number of amides is 1. The van der Waals surface area contributed by atoms with Crippen molar-refractivity contribution in [2.75, 3.05) is 26.2 Å². The Kier molecular flexibility index (Phi) is 12.1. The lowest BCUT2D eigenvalue weighted by atomic mass is 10.2. The van der Waals surface area contributed by atoms with Gasteiger partial charge in [-0.1, -0.05) is 19.8 Å². The number of hydrogen-bond acceptors (Lipinski definition) is 4. The summed E-state index contributed by atoms with van der Waals surface area (Å²) in [4.78, 5) is 18.7. The lowest BCUT2D eigenvalue weighted by molar-refractivity contribution is -0.130. The molecule has 9 heteroatoms. The molecular formula is C19H36IN7O. The van der Waals surface area contributed by atoms with Gasteiger partial charge in [0.15, 0.2) is 11.8 Å². The van der Waals surface area contributed by atoms with Gasteiger partial charge in [-0.05, 0) is 32.6 Å². The van der Waals surface area contributed by atoms with Crippen LogP contribution in [-0.2, 0) is 18.4 Å². The zero-order valence-electron chi connectivity index (χ0n) is 17.5. The van der Waals surface area contributed by atoms with E-state index in [0.29, 0.717) is 18.9 Å². The average molecular weight is 505 g/mol. The molecule has 0 atom stereocenters. The second-order valence-electron chi connectivity index (χ2n) is 7.14. The van der Waals surface area contributed by atoms with Crippen LogP contribution in [0.4, 0.5) is 0 Å². The Labute approximate surface area is 186 Å². The summed E-state index contributed by atoms with van der Waals surface area (Å²) < 4.78 is 1.96. The van der Waals surface area contributed by atoms with Crippen LogP contribution in [0.3, 0.4) is 0 Å². The summed E-state index contributed by atoms with van der Waals surface area (Å²) >= 11 is 0. The maximum atomic E-state index is 12.1. The molecule has 28 heavy (non-hydrogen) atoms. The van der Waals surface area contributed by atoms with Gasteiger partial charge >= 0.3 is 0 Å². The summed E-state index contributed by atoms with van der Waals surface area (Å²) in [6, 6.07) is 0. The summed E-state index contributed by atoms with van der Waals surface area (Å²) in [5.74, 6) is 2.83. The van der Waals surface area contributed by atoms with Crippen molar-refractivity contribution in [3.8, 4) is 0 Å². The van der Waals surface area contributed by atoms with E-state index in [1.54, 1.807) is 0 Å². The maximum Gasteiger partial charge on any atom is 0.222 e. The molecule has 8 nitrogen and oxygen atoms in total. The van der Waals surface area contributed by atoms with E-state index < -0.39 is 0 Å². The van der Waals surface area contributed by atoms with Gasteiger partial charge in [0.1, 0.15) is 12.4 Å². The topological polar surface area (TPSA) is 87.4 Å². The first-order valence-electron chi connectivity index (χ1n) is 10.3. The first-order chi connectivity index (χ1) is 13.1. The van der Waals surface area contributed by atoms with E-state index in [2.05, 4.69) is 32.7 Å². The van der Waals surface area contributed by atoms with Gasteiger partial charge in [0, 0.05) is 39.6 Å². The molecule has 1 aliphatic rings. The Balaban J connectivity index is 0.00000392. The predicted molar refractivity (Wildman–Crippen MR) is 123 cm³/mol. The van der Waals surface area contributed by atoms with Crippen LogP contribution >= 0.6 is 24.0 Å². The lowest BCUT2D eigenvalue weighted by Crippen LogP contribution is -2.40. The highest BCUT2D eigenvalue weighted by Crippen LogP contribution is 2.11. The van der Waals surface area contributed by atoms with E-state index in [1.807, 2.05) is 23.4 Å². The molecule has 160 valence electrons. The lowest BCUT2D eigenvalue weighted by Gasteiger charge is -2.21. The Bertz CT molecular complexity index is 617. The summed E-state index contributed by atoms with van der Waals surface area (Å²) in [7, 11) is 1.95. The van der Waals surface area contributed by atoms with Gasteiger partial charge in [0.25, 0.3) is 0 Å². The summed E-state index contributed by atoms with van der Waals surface area (Å²) in [6.45, 7) is 8.00. The fourth-order valence-corrected chi connectivity index (χ4v) is 3.05. The van der Waals surface area contributed by atoms with Crippen molar-refractivity contribution in [3.63, 3.8) is 0 Å². The van der Waals surface area contributed by atoms with Gasteiger partial charge in [-0.3, -0.25) is 4.79 Å². The number of carbonyl (C=O) groups is 1. The van der Waals surface area contributed by atoms with E-state index in [4.69, 9.17) is 0 Å². The molecule has 0 unspecified atom stereocenters. The number of carbonyl (C=O) groups excluding carboxylic acids is 1. The molecule has 1 aromatic rings. The zero-order chi connectivity index (χ0) is 19.5. The van der Waals surface area contributed by atoms with Crippen molar-refractivity contribution in [2.45, 2.75) is 65.3 Å². The maximum absolute atomic E-state index is 12.1. The molecule has 1 saturated heterocycles. The van der Waals surface area contributed by atoms with Crippen LogP contribution in [0.1, 0.15) is 63.5 Å². The average Bonchev–Trinajstić information content (AvgIpc) is 2.85. The third-order valence-electron chi connectivity index (χ3n) is 4.95. The SMILES string of the molecule is CCCCNC(=NCc1nnc(C)n1C)NCCCN1CCCCCC1=O.I. The molecule has 1 amide bonds. The molecule has 2 heterocycles. The highest BCUT2D eigenvalue weighted by Gasteiger charge is 2.15. The molecule has 2 N–H and O–H groups in total. The molecule has 1 fully saturated rings. The largest absolute Gasteiger partial charge is 0.356 e. The first-order valence-corrected chi connectivity index (χ1v) is 10.3. The Morgan fingerprint density at radius 3 is 2.57 bits per heavy atom. The van der Waals surface area contributed by atoms with Crippen molar-refractivity contribution < 1.29 is 4.79 Å². The fraction of sp³-hybridized carbons (Fsp3) is 0.789. The number of aryl methyl sites for hydroxylation is 1. The number of aliphatic imine (C=N–C) groups is 1. The molecule has 0 saturated carbocycles. The molecule has 1 aromatic heterocycles. The number of rotatable bonds is 9. The monoisotopic (exact) mass is 505 g/mol. The highest BCUT2D eigenvalue weighted by molar-refractivity contribution is 14.0. The Hall–Kier alpha value is -1.39. The van der Waals surface area contributed by atoms with Gasteiger partial charge in [0.05, 0.1) is 0 Å². The minimum atomic E-state index is 0. The third kappa shape index (κ3) is 8.32. The minimum absolute atomic E-state index is 0. The van der Waals surface area contributed by atoms with Crippen LogP contribution in [0.2, 0.25) is 0 Å².